The Morgan fingerprint density at radius 2 is 1.81 bits per heavy atom. The molecule has 0 spiro atoms. The van der Waals surface area contributed by atoms with Crippen LogP contribution in [0.5, 0.6) is 0 Å². The quantitative estimate of drug-likeness (QED) is 0.205. The Balaban J connectivity index is 1.40. The fourth-order valence-corrected chi connectivity index (χ4v) is 5.89. The van der Waals surface area contributed by atoms with E-state index in [9.17, 15) is 13.6 Å². The molecule has 1 amide bonds. The fourth-order valence-electron chi connectivity index (χ4n) is 3.72. The minimum absolute atomic E-state index is 0.295. The highest BCUT2D eigenvalue weighted by Crippen LogP contribution is 2.38. The second kappa shape index (κ2) is 11.0. The van der Waals surface area contributed by atoms with Gasteiger partial charge >= 0.3 is 0 Å². The first-order chi connectivity index (χ1) is 18.0. The summed E-state index contributed by atoms with van der Waals surface area (Å²) in [7, 11) is 0. The summed E-state index contributed by atoms with van der Waals surface area (Å²) in [6.07, 6.45) is 5.24. The number of carbonyl (C=O) groups excluding carboxylic acids is 1. The van der Waals surface area contributed by atoms with Crippen LogP contribution >= 0.6 is 22.7 Å². The number of hydrogen-bond donors (Lipinski definition) is 2. The van der Waals surface area contributed by atoms with Gasteiger partial charge in [-0.3, -0.25) is 19.2 Å². The molecule has 0 saturated carbocycles. The van der Waals surface area contributed by atoms with Crippen molar-refractivity contribution in [3.63, 3.8) is 0 Å². The number of nitrogens with zero attached hydrogens (tertiary/aromatic N) is 4. The molecule has 3 heterocycles. The van der Waals surface area contributed by atoms with Crippen LogP contribution in [0.15, 0.2) is 96.1 Å². The first-order valence-electron chi connectivity index (χ1n) is 11.1. The number of hydrogen-bond acceptors (Lipinski definition) is 7. The highest BCUT2D eigenvalue weighted by molar-refractivity contribution is 7.81. The molecule has 0 aliphatic carbocycles. The molecule has 5 aromatic rings. The van der Waals surface area contributed by atoms with Crippen LogP contribution in [-0.2, 0) is 11.3 Å². The third-order valence-electron chi connectivity index (χ3n) is 5.45. The lowest BCUT2D eigenvalue weighted by molar-refractivity contribution is 0.102. The van der Waals surface area contributed by atoms with E-state index >= 15 is 0 Å². The summed E-state index contributed by atoms with van der Waals surface area (Å²) in [4.78, 5) is 23.8. The molecular formula is C26H21N5O3S3. The summed E-state index contributed by atoms with van der Waals surface area (Å²) >= 11 is 0.617. The van der Waals surface area contributed by atoms with Crippen molar-refractivity contribution < 1.29 is 13.6 Å². The van der Waals surface area contributed by atoms with Crippen molar-refractivity contribution in [3.05, 3.63) is 107 Å². The van der Waals surface area contributed by atoms with E-state index in [0.717, 1.165) is 22.1 Å². The van der Waals surface area contributed by atoms with Gasteiger partial charge in [0.05, 0.1) is 23.3 Å². The fraction of sp³-hybridized carbons (Fsp3) is 0.0385. The van der Waals surface area contributed by atoms with E-state index < -0.39 is 11.3 Å². The van der Waals surface area contributed by atoms with Crippen molar-refractivity contribution in [1.82, 2.24) is 9.97 Å². The molecule has 5 rings (SSSR count). The van der Waals surface area contributed by atoms with Gasteiger partial charge in [-0.05, 0) is 78.5 Å². The lowest BCUT2D eigenvalue weighted by Gasteiger charge is -2.24. The Labute approximate surface area is 224 Å². The van der Waals surface area contributed by atoms with E-state index in [0.29, 0.717) is 21.9 Å². The number of benzene rings is 2. The first kappa shape index (κ1) is 24.8. The van der Waals surface area contributed by atoms with Gasteiger partial charge in [-0.2, -0.15) is 0 Å². The minimum atomic E-state index is -2.24. The molecule has 0 bridgehead atoms. The highest BCUT2D eigenvalue weighted by Gasteiger charge is 2.19. The van der Waals surface area contributed by atoms with Crippen molar-refractivity contribution >= 4 is 72.7 Å². The van der Waals surface area contributed by atoms with Crippen molar-refractivity contribution in [2.24, 2.45) is 0 Å². The summed E-state index contributed by atoms with van der Waals surface area (Å²) in [5.41, 5.74) is 4.28. The molecule has 11 heteroatoms. The van der Waals surface area contributed by atoms with E-state index in [1.54, 1.807) is 55.0 Å². The largest absolute Gasteiger partial charge is 0.322 e. The van der Waals surface area contributed by atoms with Crippen molar-refractivity contribution in [2.75, 3.05) is 14.5 Å². The molecule has 37 heavy (non-hydrogen) atoms. The van der Waals surface area contributed by atoms with E-state index in [2.05, 4.69) is 15.3 Å². The molecule has 8 nitrogen and oxygen atoms in total. The first-order valence-corrected chi connectivity index (χ1v) is 13.9. The average molecular weight is 548 g/mol. The number of thiazole rings is 1. The summed E-state index contributed by atoms with van der Waals surface area (Å²) in [6, 6.07) is 19.6. The van der Waals surface area contributed by atoms with Gasteiger partial charge in [0.25, 0.3) is 17.2 Å². The van der Waals surface area contributed by atoms with Gasteiger partial charge in [0.15, 0.2) is 5.13 Å². The van der Waals surface area contributed by atoms with E-state index in [1.165, 1.54) is 27.0 Å². The van der Waals surface area contributed by atoms with Gasteiger partial charge in [0.1, 0.15) is 5.00 Å². The minimum Gasteiger partial charge on any atom is -0.322 e. The van der Waals surface area contributed by atoms with Gasteiger partial charge in [0, 0.05) is 29.0 Å². The molecule has 1 unspecified atom stereocenters. The Morgan fingerprint density at radius 1 is 0.973 bits per heavy atom. The second-order valence-corrected chi connectivity index (χ2v) is 10.5. The van der Waals surface area contributed by atoms with Crippen LogP contribution in [0.4, 0.5) is 32.9 Å². The van der Waals surface area contributed by atoms with Crippen molar-refractivity contribution in [3.8, 4) is 0 Å². The summed E-state index contributed by atoms with van der Waals surface area (Å²) in [5.74, 6) is -0.295. The Hall–Kier alpha value is -3.90. The van der Waals surface area contributed by atoms with E-state index in [4.69, 9.17) is 0 Å². The monoisotopic (exact) mass is 547 g/mol. The average Bonchev–Trinajstić information content (AvgIpc) is 3.62. The lowest BCUT2D eigenvalue weighted by Crippen LogP contribution is -2.18. The number of pyridine rings is 1. The molecule has 1 atom stereocenters. The molecule has 0 saturated heterocycles. The molecule has 186 valence electrons. The standard InChI is InChI=1S/C26H21N5O3S3/c1-18-6-9-20(16-23(18)30(26-28-13-15-36-26)22-4-2-12-27-17-22)29-25(32)19-7-10-21(11-8-19)31(37(33)34)24-5-3-14-35-24/h2-17H,1H3,(H,29,32)(H,33,34). The summed E-state index contributed by atoms with van der Waals surface area (Å²) in [6.45, 7) is 2.00. The van der Waals surface area contributed by atoms with Gasteiger partial charge < -0.3 is 5.32 Å². The van der Waals surface area contributed by atoms with Crippen molar-refractivity contribution in [1.29, 1.82) is 0 Å². The number of carbonyl (C=O) groups is 1. The molecule has 2 N–H and O–H groups in total. The van der Waals surface area contributed by atoms with Crippen LogP contribution < -0.4 is 14.5 Å². The van der Waals surface area contributed by atoms with Crippen LogP contribution in [0.1, 0.15) is 15.9 Å². The SMILES string of the molecule is Cc1ccc(NC(=O)c2ccc(N(c3cccs3)S(=O)O)cc2)cc1N(c1cccnc1)c1nccs1. The topological polar surface area (TPSA) is 98.7 Å². The third kappa shape index (κ3) is 5.44. The second-order valence-electron chi connectivity index (χ2n) is 7.84. The maximum Gasteiger partial charge on any atom is 0.267 e. The van der Waals surface area contributed by atoms with Crippen LogP contribution in [-0.4, -0.2) is 24.6 Å². The van der Waals surface area contributed by atoms with Crippen LogP contribution in [0.2, 0.25) is 0 Å². The zero-order valence-corrected chi connectivity index (χ0v) is 22.0. The predicted molar refractivity (Wildman–Crippen MR) is 151 cm³/mol. The number of anilines is 6. The Kier molecular flexibility index (Phi) is 7.37. The normalized spacial score (nSPS) is 11.6. The number of thiophene rings is 1. The zero-order chi connectivity index (χ0) is 25.8. The lowest BCUT2D eigenvalue weighted by atomic mass is 10.1. The molecule has 3 aromatic heterocycles. The summed E-state index contributed by atoms with van der Waals surface area (Å²) < 4.78 is 23.0. The maximum absolute atomic E-state index is 13.1. The summed E-state index contributed by atoms with van der Waals surface area (Å²) in [5, 5.41) is 8.11. The third-order valence-corrected chi connectivity index (χ3v) is 7.89. The molecule has 0 aliphatic heterocycles. The van der Waals surface area contributed by atoms with Gasteiger partial charge in [-0.15, -0.1) is 22.7 Å². The number of aryl methyl sites for hydroxylation is 1. The smallest absolute Gasteiger partial charge is 0.267 e. The molecule has 0 fully saturated rings. The molecule has 0 radical (unpaired) electrons. The zero-order valence-electron chi connectivity index (χ0n) is 19.5. The van der Waals surface area contributed by atoms with E-state index in [-0.39, 0.29) is 5.91 Å². The van der Waals surface area contributed by atoms with Crippen LogP contribution in [0.3, 0.4) is 0 Å². The molecular weight excluding hydrogens is 527 g/mol. The van der Waals surface area contributed by atoms with E-state index in [1.807, 2.05) is 52.9 Å². The Bertz CT molecular complexity index is 1510. The maximum atomic E-state index is 13.1. The highest BCUT2D eigenvalue weighted by atomic mass is 32.2. The molecule has 0 aliphatic rings. The van der Waals surface area contributed by atoms with Gasteiger partial charge in [-0.1, -0.05) is 6.07 Å². The number of rotatable bonds is 8. The van der Waals surface area contributed by atoms with Crippen molar-refractivity contribution in [2.45, 2.75) is 6.92 Å². The number of aromatic nitrogens is 2. The van der Waals surface area contributed by atoms with Crippen LogP contribution in [0.25, 0.3) is 0 Å². The van der Waals surface area contributed by atoms with Crippen LogP contribution in [0, 0.1) is 6.92 Å². The number of amides is 1. The van der Waals surface area contributed by atoms with Gasteiger partial charge in [0.2, 0.25) is 0 Å². The van der Waals surface area contributed by atoms with Gasteiger partial charge in [-0.25, -0.2) is 13.5 Å². The Morgan fingerprint density at radius 3 is 2.46 bits per heavy atom. The predicted octanol–water partition coefficient (Wildman–Crippen LogP) is 6.90. The molecule has 2 aromatic carbocycles. The number of nitrogens with one attached hydrogen (secondary N) is 1.